The van der Waals surface area contributed by atoms with Crippen molar-refractivity contribution in [3.8, 4) is 0 Å². The Morgan fingerprint density at radius 3 is 2.81 bits per heavy atom. The van der Waals surface area contributed by atoms with Crippen LogP contribution in [0.15, 0.2) is 30.9 Å². The van der Waals surface area contributed by atoms with Gasteiger partial charge in [-0.05, 0) is 36.5 Å². The fourth-order valence-corrected chi connectivity index (χ4v) is 1.67. The minimum Gasteiger partial charge on any atom is -0.465 e. The molecular formula is C14H18O2. The molecule has 1 aromatic rings. The Labute approximate surface area is 96.9 Å². The van der Waals surface area contributed by atoms with E-state index >= 15 is 0 Å². The third-order valence-electron chi connectivity index (χ3n) is 2.59. The first-order valence-corrected chi connectivity index (χ1v) is 5.54. The standard InChI is InChI=1S/C14H18O2/c1-4-6-7-11-8-9-13(14(15)16-3)12(5-2)10-11/h4,8-10H,1,5-7H2,2-3H3. The van der Waals surface area contributed by atoms with E-state index in [2.05, 4.69) is 12.6 Å². The van der Waals surface area contributed by atoms with Gasteiger partial charge in [0.15, 0.2) is 0 Å². The van der Waals surface area contributed by atoms with Crippen molar-refractivity contribution in [2.45, 2.75) is 26.2 Å². The highest BCUT2D eigenvalue weighted by atomic mass is 16.5. The van der Waals surface area contributed by atoms with Crippen LogP contribution in [0.4, 0.5) is 0 Å². The number of esters is 1. The van der Waals surface area contributed by atoms with Gasteiger partial charge in [0.1, 0.15) is 0 Å². The van der Waals surface area contributed by atoms with Crippen molar-refractivity contribution >= 4 is 5.97 Å². The van der Waals surface area contributed by atoms with E-state index in [1.165, 1.54) is 12.7 Å². The third-order valence-corrected chi connectivity index (χ3v) is 2.59. The van der Waals surface area contributed by atoms with E-state index in [0.29, 0.717) is 5.56 Å². The topological polar surface area (TPSA) is 26.3 Å². The van der Waals surface area contributed by atoms with E-state index in [0.717, 1.165) is 24.8 Å². The van der Waals surface area contributed by atoms with Gasteiger partial charge in [-0.1, -0.05) is 25.1 Å². The molecular weight excluding hydrogens is 200 g/mol. The average Bonchev–Trinajstić information content (AvgIpc) is 2.34. The van der Waals surface area contributed by atoms with E-state index in [4.69, 9.17) is 4.74 Å². The second-order valence-corrected chi connectivity index (χ2v) is 3.66. The van der Waals surface area contributed by atoms with Crippen molar-refractivity contribution in [3.63, 3.8) is 0 Å². The second kappa shape index (κ2) is 6.11. The van der Waals surface area contributed by atoms with E-state index in [1.807, 2.05) is 25.1 Å². The van der Waals surface area contributed by atoms with E-state index in [9.17, 15) is 4.79 Å². The Morgan fingerprint density at radius 1 is 1.50 bits per heavy atom. The number of ether oxygens (including phenoxy) is 1. The van der Waals surface area contributed by atoms with Crippen molar-refractivity contribution in [1.82, 2.24) is 0 Å². The lowest BCUT2D eigenvalue weighted by Gasteiger charge is -2.08. The van der Waals surface area contributed by atoms with Gasteiger partial charge in [-0.15, -0.1) is 6.58 Å². The molecule has 0 saturated carbocycles. The van der Waals surface area contributed by atoms with Crippen LogP contribution in [0.5, 0.6) is 0 Å². The summed E-state index contributed by atoms with van der Waals surface area (Å²) in [6.45, 7) is 5.74. The Hall–Kier alpha value is -1.57. The Bertz CT molecular complexity index is 380. The summed E-state index contributed by atoms with van der Waals surface area (Å²) in [4.78, 5) is 11.5. The molecule has 0 aliphatic carbocycles. The van der Waals surface area contributed by atoms with E-state index in [-0.39, 0.29) is 5.97 Å². The van der Waals surface area contributed by atoms with Crippen LogP contribution in [-0.4, -0.2) is 13.1 Å². The van der Waals surface area contributed by atoms with Crippen LogP contribution in [0.3, 0.4) is 0 Å². The smallest absolute Gasteiger partial charge is 0.338 e. The van der Waals surface area contributed by atoms with Gasteiger partial charge in [-0.25, -0.2) is 4.79 Å². The highest BCUT2D eigenvalue weighted by Crippen LogP contribution is 2.15. The number of benzene rings is 1. The Balaban J connectivity index is 2.96. The van der Waals surface area contributed by atoms with Gasteiger partial charge in [0.25, 0.3) is 0 Å². The van der Waals surface area contributed by atoms with Crippen LogP contribution in [0.1, 0.15) is 34.8 Å². The molecule has 0 amide bonds. The number of hydrogen-bond acceptors (Lipinski definition) is 2. The van der Waals surface area contributed by atoms with Gasteiger partial charge in [-0.3, -0.25) is 0 Å². The molecule has 0 saturated heterocycles. The van der Waals surface area contributed by atoms with Crippen LogP contribution in [0.2, 0.25) is 0 Å². The molecule has 0 radical (unpaired) electrons. The zero-order chi connectivity index (χ0) is 12.0. The molecule has 2 heteroatoms. The molecule has 1 aromatic carbocycles. The summed E-state index contributed by atoms with van der Waals surface area (Å²) in [5.41, 5.74) is 2.96. The van der Waals surface area contributed by atoms with Gasteiger partial charge in [-0.2, -0.15) is 0 Å². The molecule has 0 unspecified atom stereocenters. The first kappa shape index (κ1) is 12.5. The summed E-state index contributed by atoms with van der Waals surface area (Å²) in [6.07, 6.45) is 4.67. The van der Waals surface area contributed by atoms with Crippen LogP contribution < -0.4 is 0 Å². The molecule has 0 N–H and O–H groups in total. The number of aryl methyl sites for hydroxylation is 2. The average molecular weight is 218 g/mol. The minimum atomic E-state index is -0.257. The highest BCUT2D eigenvalue weighted by molar-refractivity contribution is 5.91. The molecule has 0 atom stereocenters. The Kier molecular flexibility index (Phi) is 4.77. The predicted molar refractivity (Wildman–Crippen MR) is 65.7 cm³/mol. The predicted octanol–water partition coefficient (Wildman–Crippen LogP) is 3.15. The van der Waals surface area contributed by atoms with Crippen molar-refractivity contribution in [2.24, 2.45) is 0 Å². The van der Waals surface area contributed by atoms with Crippen molar-refractivity contribution in [3.05, 3.63) is 47.5 Å². The van der Waals surface area contributed by atoms with Crippen LogP contribution >= 0.6 is 0 Å². The van der Waals surface area contributed by atoms with Gasteiger partial charge < -0.3 is 4.74 Å². The number of carbonyl (C=O) groups excluding carboxylic acids is 1. The van der Waals surface area contributed by atoms with Crippen LogP contribution in [0.25, 0.3) is 0 Å². The maximum atomic E-state index is 11.5. The van der Waals surface area contributed by atoms with Crippen molar-refractivity contribution in [2.75, 3.05) is 7.11 Å². The maximum absolute atomic E-state index is 11.5. The summed E-state index contributed by atoms with van der Waals surface area (Å²) in [6, 6.07) is 5.91. The zero-order valence-corrected chi connectivity index (χ0v) is 9.95. The summed E-state index contributed by atoms with van der Waals surface area (Å²) >= 11 is 0. The second-order valence-electron chi connectivity index (χ2n) is 3.66. The summed E-state index contributed by atoms with van der Waals surface area (Å²) < 4.78 is 4.74. The molecule has 1 rings (SSSR count). The SMILES string of the molecule is C=CCCc1ccc(C(=O)OC)c(CC)c1. The Morgan fingerprint density at radius 2 is 2.25 bits per heavy atom. The van der Waals surface area contributed by atoms with Gasteiger partial charge in [0, 0.05) is 0 Å². The lowest BCUT2D eigenvalue weighted by atomic mass is 9.99. The number of rotatable bonds is 5. The lowest BCUT2D eigenvalue weighted by Crippen LogP contribution is -2.05. The first-order valence-electron chi connectivity index (χ1n) is 5.54. The molecule has 0 spiro atoms. The number of allylic oxidation sites excluding steroid dienone is 1. The number of hydrogen-bond donors (Lipinski definition) is 0. The number of carbonyl (C=O) groups is 1. The molecule has 0 aliphatic heterocycles. The number of methoxy groups -OCH3 is 1. The molecule has 86 valence electrons. The van der Waals surface area contributed by atoms with Gasteiger partial charge >= 0.3 is 5.97 Å². The maximum Gasteiger partial charge on any atom is 0.338 e. The summed E-state index contributed by atoms with van der Waals surface area (Å²) in [5, 5.41) is 0. The first-order chi connectivity index (χ1) is 7.72. The highest BCUT2D eigenvalue weighted by Gasteiger charge is 2.10. The van der Waals surface area contributed by atoms with Gasteiger partial charge in [0.2, 0.25) is 0 Å². The largest absolute Gasteiger partial charge is 0.465 e. The summed E-state index contributed by atoms with van der Waals surface area (Å²) in [7, 11) is 1.41. The molecule has 0 heterocycles. The quantitative estimate of drug-likeness (QED) is 0.560. The molecule has 16 heavy (non-hydrogen) atoms. The normalized spacial score (nSPS) is 9.88. The lowest BCUT2D eigenvalue weighted by molar-refractivity contribution is 0.0599. The molecule has 2 nitrogen and oxygen atoms in total. The fraction of sp³-hybridized carbons (Fsp3) is 0.357. The van der Waals surface area contributed by atoms with E-state index < -0.39 is 0 Å². The molecule has 0 aromatic heterocycles. The molecule has 0 fully saturated rings. The minimum absolute atomic E-state index is 0.257. The van der Waals surface area contributed by atoms with Crippen LogP contribution in [0, 0.1) is 0 Å². The van der Waals surface area contributed by atoms with Crippen LogP contribution in [-0.2, 0) is 17.6 Å². The monoisotopic (exact) mass is 218 g/mol. The van der Waals surface area contributed by atoms with Gasteiger partial charge in [0.05, 0.1) is 12.7 Å². The third kappa shape index (κ3) is 2.96. The van der Waals surface area contributed by atoms with Crippen molar-refractivity contribution in [1.29, 1.82) is 0 Å². The fourth-order valence-electron chi connectivity index (χ4n) is 1.67. The molecule has 0 bridgehead atoms. The molecule has 0 aliphatic rings. The zero-order valence-electron chi connectivity index (χ0n) is 9.95. The van der Waals surface area contributed by atoms with E-state index in [1.54, 1.807) is 0 Å². The summed E-state index contributed by atoms with van der Waals surface area (Å²) in [5.74, 6) is -0.257. The van der Waals surface area contributed by atoms with Crippen molar-refractivity contribution < 1.29 is 9.53 Å².